The van der Waals surface area contributed by atoms with Gasteiger partial charge in [0, 0.05) is 11.6 Å². The molecule has 2 N–H and O–H groups in total. The Hall–Kier alpha value is -1.55. The summed E-state index contributed by atoms with van der Waals surface area (Å²) in [7, 11) is 0. The maximum absolute atomic E-state index is 10.7. The first-order chi connectivity index (χ1) is 7.27. The number of amides is 1. The lowest BCUT2D eigenvalue weighted by molar-refractivity contribution is -0.115. The molecule has 0 atom stereocenters. The maximum Gasteiger partial charge on any atom is 0.227 e. The van der Waals surface area contributed by atoms with Gasteiger partial charge < -0.3 is 5.73 Å². The van der Waals surface area contributed by atoms with E-state index in [2.05, 4.69) is 4.98 Å². The summed E-state index contributed by atoms with van der Waals surface area (Å²) < 4.78 is 0. The van der Waals surface area contributed by atoms with Crippen LogP contribution in [0.1, 0.15) is 0 Å². The number of carbonyl (C=O) groups is 1. The van der Waals surface area contributed by atoms with Crippen molar-refractivity contribution in [1.82, 2.24) is 4.98 Å². The molecular weight excluding hydrogens is 208 g/mol. The molecule has 1 aromatic carbocycles. The molecule has 0 aliphatic heterocycles. The molecule has 0 aliphatic carbocycles. The van der Waals surface area contributed by atoms with E-state index in [4.69, 9.17) is 5.73 Å². The standard InChI is InChI=1S/C11H10N2OS/c12-10(14)7-15-11-9-4-2-1-3-8(9)5-6-13-11/h1-6H,7H2,(H2,12,14). The Bertz CT molecular complexity index is 493. The van der Waals surface area contributed by atoms with Crippen LogP contribution in [-0.2, 0) is 4.79 Å². The van der Waals surface area contributed by atoms with Crippen LogP contribution in [0.5, 0.6) is 0 Å². The van der Waals surface area contributed by atoms with Crippen LogP contribution < -0.4 is 5.73 Å². The SMILES string of the molecule is NC(=O)CSc1nccc2ccccc12. The summed E-state index contributed by atoms with van der Waals surface area (Å²) in [6, 6.07) is 9.89. The molecule has 76 valence electrons. The van der Waals surface area contributed by atoms with Crippen molar-refractivity contribution in [3.63, 3.8) is 0 Å². The highest BCUT2D eigenvalue weighted by Crippen LogP contribution is 2.24. The first-order valence-electron chi connectivity index (χ1n) is 4.52. The number of hydrogen-bond acceptors (Lipinski definition) is 3. The number of hydrogen-bond donors (Lipinski definition) is 1. The normalized spacial score (nSPS) is 10.4. The van der Waals surface area contributed by atoms with Crippen molar-refractivity contribution < 1.29 is 4.79 Å². The molecule has 0 bridgehead atoms. The third-order valence-electron chi connectivity index (χ3n) is 1.99. The first kappa shape index (κ1) is 9.98. The zero-order valence-electron chi connectivity index (χ0n) is 8.01. The summed E-state index contributed by atoms with van der Waals surface area (Å²) in [4.78, 5) is 14.9. The smallest absolute Gasteiger partial charge is 0.227 e. The third-order valence-corrected chi connectivity index (χ3v) is 3.02. The molecule has 0 fully saturated rings. The fourth-order valence-corrected chi connectivity index (χ4v) is 2.10. The summed E-state index contributed by atoms with van der Waals surface area (Å²) in [5.41, 5.74) is 5.10. The van der Waals surface area contributed by atoms with Gasteiger partial charge in [0.2, 0.25) is 5.91 Å². The zero-order valence-corrected chi connectivity index (χ0v) is 8.83. The topological polar surface area (TPSA) is 56.0 Å². The molecule has 0 saturated carbocycles. The van der Waals surface area contributed by atoms with Gasteiger partial charge in [-0.05, 0) is 11.5 Å². The van der Waals surface area contributed by atoms with Gasteiger partial charge in [0.1, 0.15) is 5.03 Å². The van der Waals surface area contributed by atoms with Gasteiger partial charge in [-0.3, -0.25) is 4.79 Å². The van der Waals surface area contributed by atoms with Gasteiger partial charge in [-0.25, -0.2) is 4.98 Å². The van der Waals surface area contributed by atoms with Crippen LogP contribution in [-0.4, -0.2) is 16.6 Å². The van der Waals surface area contributed by atoms with E-state index in [0.717, 1.165) is 15.8 Å². The summed E-state index contributed by atoms with van der Waals surface area (Å²) >= 11 is 1.37. The second-order valence-corrected chi connectivity index (χ2v) is 4.06. The number of benzene rings is 1. The lowest BCUT2D eigenvalue weighted by Gasteiger charge is -2.03. The monoisotopic (exact) mass is 218 g/mol. The number of rotatable bonds is 3. The van der Waals surface area contributed by atoms with E-state index in [1.165, 1.54) is 11.8 Å². The molecule has 0 radical (unpaired) electrons. The first-order valence-corrected chi connectivity index (χ1v) is 5.51. The number of pyridine rings is 1. The van der Waals surface area contributed by atoms with E-state index >= 15 is 0 Å². The molecule has 15 heavy (non-hydrogen) atoms. The van der Waals surface area contributed by atoms with Crippen LogP contribution in [0, 0.1) is 0 Å². The van der Waals surface area contributed by atoms with Crippen LogP contribution >= 0.6 is 11.8 Å². The molecule has 0 unspecified atom stereocenters. The minimum absolute atomic E-state index is 0.265. The average molecular weight is 218 g/mol. The lowest BCUT2D eigenvalue weighted by Crippen LogP contribution is -2.13. The van der Waals surface area contributed by atoms with Gasteiger partial charge in [-0.15, -0.1) is 0 Å². The molecule has 2 aromatic rings. The summed E-state index contributed by atoms with van der Waals surface area (Å²) in [6.45, 7) is 0. The predicted molar refractivity (Wildman–Crippen MR) is 61.7 cm³/mol. The fourth-order valence-electron chi connectivity index (χ4n) is 1.35. The van der Waals surface area contributed by atoms with Crippen LogP contribution in [0.15, 0.2) is 41.6 Å². The van der Waals surface area contributed by atoms with Gasteiger partial charge in [0.15, 0.2) is 0 Å². The van der Waals surface area contributed by atoms with Gasteiger partial charge in [-0.2, -0.15) is 0 Å². The van der Waals surface area contributed by atoms with Crippen molar-refractivity contribution >= 4 is 28.4 Å². The number of primary amides is 1. The molecule has 1 aromatic heterocycles. The van der Waals surface area contributed by atoms with Gasteiger partial charge in [0.25, 0.3) is 0 Å². The average Bonchev–Trinajstić information content (AvgIpc) is 2.26. The second kappa shape index (κ2) is 4.31. The lowest BCUT2D eigenvalue weighted by atomic mass is 10.2. The summed E-state index contributed by atoms with van der Waals surface area (Å²) in [5, 5.41) is 3.04. The number of fused-ring (bicyclic) bond motifs is 1. The van der Waals surface area contributed by atoms with Crippen molar-refractivity contribution in [3.8, 4) is 0 Å². The van der Waals surface area contributed by atoms with Crippen LogP contribution in [0.3, 0.4) is 0 Å². The molecule has 1 amide bonds. The number of carbonyl (C=O) groups excluding carboxylic acids is 1. The number of nitrogens with zero attached hydrogens (tertiary/aromatic N) is 1. The summed E-state index contributed by atoms with van der Waals surface area (Å²) in [5.74, 6) is -0.0594. The highest BCUT2D eigenvalue weighted by atomic mass is 32.2. The largest absolute Gasteiger partial charge is 0.369 e. The highest BCUT2D eigenvalue weighted by molar-refractivity contribution is 8.00. The molecule has 1 heterocycles. The minimum Gasteiger partial charge on any atom is -0.369 e. The molecule has 0 saturated heterocycles. The van der Waals surface area contributed by atoms with E-state index in [-0.39, 0.29) is 11.7 Å². The second-order valence-electron chi connectivity index (χ2n) is 3.09. The molecule has 0 spiro atoms. The summed E-state index contributed by atoms with van der Waals surface area (Å²) in [6.07, 6.45) is 1.74. The van der Waals surface area contributed by atoms with Gasteiger partial charge in [0.05, 0.1) is 5.75 Å². The van der Waals surface area contributed by atoms with Crippen molar-refractivity contribution in [2.45, 2.75) is 5.03 Å². The van der Waals surface area contributed by atoms with E-state index in [9.17, 15) is 4.79 Å². The van der Waals surface area contributed by atoms with Gasteiger partial charge >= 0.3 is 0 Å². The van der Waals surface area contributed by atoms with Crippen molar-refractivity contribution in [2.24, 2.45) is 5.73 Å². The number of thioether (sulfide) groups is 1. The Morgan fingerprint density at radius 1 is 1.33 bits per heavy atom. The molecule has 4 heteroatoms. The van der Waals surface area contributed by atoms with E-state index in [1.54, 1.807) is 6.20 Å². The Labute approximate surface area is 91.7 Å². The third kappa shape index (κ3) is 2.27. The minimum atomic E-state index is -0.324. The van der Waals surface area contributed by atoms with E-state index in [1.807, 2.05) is 30.3 Å². The Kier molecular flexibility index (Phi) is 2.87. The van der Waals surface area contributed by atoms with Crippen LogP contribution in [0.2, 0.25) is 0 Å². The van der Waals surface area contributed by atoms with Gasteiger partial charge in [-0.1, -0.05) is 36.0 Å². The molecule has 3 nitrogen and oxygen atoms in total. The fraction of sp³-hybridized carbons (Fsp3) is 0.0909. The quantitative estimate of drug-likeness (QED) is 0.799. The molecule has 0 aliphatic rings. The molecular formula is C11H10N2OS. The predicted octanol–water partition coefficient (Wildman–Crippen LogP) is 1.81. The highest BCUT2D eigenvalue weighted by Gasteiger charge is 2.03. The molecule has 2 rings (SSSR count). The Morgan fingerprint density at radius 2 is 2.13 bits per heavy atom. The number of aromatic nitrogens is 1. The number of nitrogens with two attached hydrogens (primary N) is 1. The van der Waals surface area contributed by atoms with Crippen molar-refractivity contribution in [2.75, 3.05) is 5.75 Å². The van der Waals surface area contributed by atoms with E-state index < -0.39 is 0 Å². The Morgan fingerprint density at radius 3 is 2.93 bits per heavy atom. The van der Waals surface area contributed by atoms with Crippen LogP contribution in [0.4, 0.5) is 0 Å². The van der Waals surface area contributed by atoms with Crippen molar-refractivity contribution in [3.05, 3.63) is 36.5 Å². The maximum atomic E-state index is 10.7. The van der Waals surface area contributed by atoms with Crippen molar-refractivity contribution in [1.29, 1.82) is 0 Å². The Balaban J connectivity index is 2.38. The van der Waals surface area contributed by atoms with E-state index in [0.29, 0.717) is 0 Å². The van der Waals surface area contributed by atoms with Crippen LogP contribution in [0.25, 0.3) is 10.8 Å². The zero-order chi connectivity index (χ0) is 10.7.